The maximum absolute atomic E-state index is 5.64. The van der Waals surface area contributed by atoms with Crippen LogP contribution in [0, 0.1) is 0 Å². The van der Waals surface area contributed by atoms with Crippen LogP contribution in [-0.2, 0) is 11.2 Å². The summed E-state index contributed by atoms with van der Waals surface area (Å²) in [5, 5.41) is 3.14. The molecule has 0 bridgehead atoms. The minimum Gasteiger partial charge on any atom is -0.384 e. The molecular formula is C10H18N4O. The summed E-state index contributed by atoms with van der Waals surface area (Å²) in [6.45, 7) is 6.10. The molecule has 0 fully saturated rings. The summed E-state index contributed by atoms with van der Waals surface area (Å²) in [7, 11) is 0. The van der Waals surface area contributed by atoms with Gasteiger partial charge in [0.2, 0.25) is 0 Å². The van der Waals surface area contributed by atoms with E-state index in [1.165, 1.54) is 0 Å². The highest BCUT2D eigenvalue weighted by Gasteiger charge is 1.99. The first-order chi connectivity index (χ1) is 7.26. The molecule has 0 unspecified atom stereocenters. The molecule has 3 N–H and O–H groups in total. The summed E-state index contributed by atoms with van der Waals surface area (Å²) >= 11 is 0. The summed E-state index contributed by atoms with van der Waals surface area (Å²) in [4.78, 5) is 8.38. The van der Waals surface area contributed by atoms with Crippen LogP contribution in [0.15, 0.2) is 6.07 Å². The predicted octanol–water partition coefficient (Wildman–Crippen LogP) is 1.07. The number of ether oxygens (including phenoxy) is 1. The van der Waals surface area contributed by atoms with Gasteiger partial charge in [0, 0.05) is 25.6 Å². The highest BCUT2D eigenvalue weighted by Crippen LogP contribution is 2.08. The number of nitrogen functional groups attached to an aromatic ring is 1. The number of aryl methyl sites for hydroxylation is 1. The molecule has 84 valence electrons. The lowest BCUT2D eigenvalue weighted by molar-refractivity contribution is 0.158. The lowest BCUT2D eigenvalue weighted by atomic mass is 10.4. The molecule has 0 saturated carbocycles. The second-order valence-electron chi connectivity index (χ2n) is 3.07. The largest absolute Gasteiger partial charge is 0.384 e. The molecule has 0 spiro atoms. The van der Waals surface area contributed by atoms with E-state index in [1.807, 2.05) is 13.8 Å². The predicted molar refractivity (Wildman–Crippen MR) is 60.8 cm³/mol. The zero-order chi connectivity index (χ0) is 11.1. The molecule has 1 heterocycles. The maximum atomic E-state index is 5.64. The molecule has 0 aliphatic carbocycles. The fourth-order valence-electron chi connectivity index (χ4n) is 1.16. The van der Waals surface area contributed by atoms with E-state index in [2.05, 4.69) is 15.3 Å². The zero-order valence-corrected chi connectivity index (χ0v) is 9.29. The Bertz CT molecular complexity index is 303. The summed E-state index contributed by atoms with van der Waals surface area (Å²) in [6.07, 6.45) is 0.783. The average molecular weight is 210 g/mol. The van der Waals surface area contributed by atoms with Gasteiger partial charge in [-0.1, -0.05) is 6.92 Å². The van der Waals surface area contributed by atoms with Crippen LogP contribution in [0.25, 0.3) is 0 Å². The van der Waals surface area contributed by atoms with E-state index in [9.17, 15) is 0 Å². The molecule has 15 heavy (non-hydrogen) atoms. The SMILES string of the molecule is CCOCCNc1cc(N)nc(CC)n1. The molecule has 1 rings (SSSR count). The number of aromatic nitrogens is 2. The molecule has 1 aromatic heterocycles. The van der Waals surface area contributed by atoms with E-state index in [1.54, 1.807) is 6.07 Å². The molecule has 1 aromatic rings. The Hall–Kier alpha value is -1.36. The van der Waals surface area contributed by atoms with Gasteiger partial charge in [0.25, 0.3) is 0 Å². The average Bonchev–Trinajstić information content (AvgIpc) is 2.23. The normalized spacial score (nSPS) is 10.3. The van der Waals surface area contributed by atoms with Crippen LogP contribution in [-0.4, -0.2) is 29.7 Å². The van der Waals surface area contributed by atoms with Crippen molar-refractivity contribution >= 4 is 11.6 Å². The minimum absolute atomic E-state index is 0.501. The van der Waals surface area contributed by atoms with Crippen molar-refractivity contribution in [2.45, 2.75) is 20.3 Å². The van der Waals surface area contributed by atoms with Gasteiger partial charge in [-0.15, -0.1) is 0 Å². The van der Waals surface area contributed by atoms with Crippen LogP contribution in [0.3, 0.4) is 0 Å². The Morgan fingerprint density at radius 2 is 2.20 bits per heavy atom. The van der Waals surface area contributed by atoms with Gasteiger partial charge in [-0.3, -0.25) is 0 Å². The Balaban J connectivity index is 2.49. The molecule has 5 nitrogen and oxygen atoms in total. The van der Waals surface area contributed by atoms with Crippen LogP contribution in [0.4, 0.5) is 11.6 Å². The topological polar surface area (TPSA) is 73.1 Å². The van der Waals surface area contributed by atoms with Gasteiger partial charge in [0.05, 0.1) is 6.61 Å². The molecule has 0 aliphatic rings. The molecule has 0 aliphatic heterocycles. The molecular weight excluding hydrogens is 192 g/mol. The van der Waals surface area contributed by atoms with Crippen molar-refractivity contribution in [1.29, 1.82) is 0 Å². The monoisotopic (exact) mass is 210 g/mol. The molecule has 0 atom stereocenters. The third-order valence-corrected chi connectivity index (χ3v) is 1.87. The maximum Gasteiger partial charge on any atom is 0.132 e. The molecule has 0 amide bonds. The summed E-state index contributed by atoms with van der Waals surface area (Å²) < 4.78 is 5.20. The Kier molecular flexibility index (Phi) is 4.83. The first-order valence-electron chi connectivity index (χ1n) is 5.21. The van der Waals surface area contributed by atoms with Crippen molar-refractivity contribution < 1.29 is 4.74 Å². The number of anilines is 2. The van der Waals surface area contributed by atoms with Crippen molar-refractivity contribution in [3.05, 3.63) is 11.9 Å². The van der Waals surface area contributed by atoms with Gasteiger partial charge < -0.3 is 15.8 Å². The van der Waals surface area contributed by atoms with Crippen molar-refractivity contribution in [2.24, 2.45) is 0 Å². The molecule has 5 heteroatoms. The van der Waals surface area contributed by atoms with E-state index < -0.39 is 0 Å². The van der Waals surface area contributed by atoms with Gasteiger partial charge in [0.1, 0.15) is 17.5 Å². The highest BCUT2D eigenvalue weighted by molar-refractivity contribution is 5.44. The molecule has 0 saturated heterocycles. The van der Waals surface area contributed by atoms with Crippen LogP contribution >= 0.6 is 0 Å². The third kappa shape index (κ3) is 4.12. The second-order valence-corrected chi connectivity index (χ2v) is 3.07. The van der Waals surface area contributed by atoms with Crippen LogP contribution in [0.5, 0.6) is 0 Å². The smallest absolute Gasteiger partial charge is 0.132 e. The van der Waals surface area contributed by atoms with E-state index in [0.29, 0.717) is 12.4 Å². The summed E-state index contributed by atoms with van der Waals surface area (Å²) in [5.74, 6) is 2.02. The Labute approximate surface area is 90.1 Å². The van der Waals surface area contributed by atoms with Crippen LogP contribution < -0.4 is 11.1 Å². The summed E-state index contributed by atoms with van der Waals surface area (Å²) in [6, 6.07) is 1.73. The van der Waals surface area contributed by atoms with Crippen molar-refractivity contribution in [2.75, 3.05) is 30.8 Å². The standard InChI is InChI=1S/C10H18N4O/c1-3-9-13-8(11)7-10(14-9)12-5-6-15-4-2/h7H,3-6H2,1-2H3,(H3,11,12,13,14). The van der Waals surface area contributed by atoms with E-state index in [4.69, 9.17) is 10.5 Å². The van der Waals surface area contributed by atoms with Gasteiger partial charge in [0.15, 0.2) is 0 Å². The lowest BCUT2D eigenvalue weighted by Crippen LogP contribution is -2.11. The number of rotatable bonds is 6. The van der Waals surface area contributed by atoms with E-state index >= 15 is 0 Å². The fourth-order valence-corrected chi connectivity index (χ4v) is 1.16. The molecule has 0 radical (unpaired) electrons. The van der Waals surface area contributed by atoms with E-state index in [0.717, 1.165) is 31.2 Å². The molecule has 0 aromatic carbocycles. The number of nitrogens with two attached hydrogens (primary N) is 1. The van der Waals surface area contributed by atoms with Crippen LogP contribution in [0.1, 0.15) is 19.7 Å². The van der Waals surface area contributed by atoms with Gasteiger partial charge in [-0.05, 0) is 6.92 Å². The first-order valence-corrected chi connectivity index (χ1v) is 5.21. The zero-order valence-electron chi connectivity index (χ0n) is 9.29. The first kappa shape index (κ1) is 11.7. The number of hydrogen-bond donors (Lipinski definition) is 2. The van der Waals surface area contributed by atoms with Crippen LogP contribution in [0.2, 0.25) is 0 Å². The van der Waals surface area contributed by atoms with Crippen molar-refractivity contribution in [3.63, 3.8) is 0 Å². The van der Waals surface area contributed by atoms with Gasteiger partial charge in [-0.2, -0.15) is 0 Å². The second kappa shape index (κ2) is 6.19. The van der Waals surface area contributed by atoms with E-state index in [-0.39, 0.29) is 0 Å². The van der Waals surface area contributed by atoms with Crippen molar-refractivity contribution in [3.8, 4) is 0 Å². The minimum atomic E-state index is 0.501. The van der Waals surface area contributed by atoms with Gasteiger partial charge in [-0.25, -0.2) is 9.97 Å². The lowest BCUT2D eigenvalue weighted by Gasteiger charge is -2.07. The number of nitrogens with zero attached hydrogens (tertiary/aromatic N) is 2. The van der Waals surface area contributed by atoms with Gasteiger partial charge >= 0.3 is 0 Å². The number of nitrogens with one attached hydrogen (secondary N) is 1. The fraction of sp³-hybridized carbons (Fsp3) is 0.600. The highest BCUT2D eigenvalue weighted by atomic mass is 16.5. The number of hydrogen-bond acceptors (Lipinski definition) is 5. The Morgan fingerprint density at radius 1 is 1.40 bits per heavy atom. The summed E-state index contributed by atoms with van der Waals surface area (Å²) in [5.41, 5.74) is 5.64. The van der Waals surface area contributed by atoms with Crippen molar-refractivity contribution in [1.82, 2.24) is 9.97 Å². The quantitative estimate of drug-likeness (QED) is 0.687. The third-order valence-electron chi connectivity index (χ3n) is 1.87. The Morgan fingerprint density at radius 3 is 2.87 bits per heavy atom.